The predicted octanol–water partition coefficient (Wildman–Crippen LogP) is 6.11. The molecule has 1 aliphatic carbocycles. The minimum absolute atomic E-state index is 0.0282. The maximum atomic E-state index is 13.5. The lowest BCUT2D eigenvalue weighted by molar-refractivity contribution is 0.0941. The number of hydrogen-bond acceptors (Lipinski definition) is 6. The first-order chi connectivity index (χ1) is 19.1. The SMILES string of the molecule is CC(C)[Si](O[C@H]1C[C@H](Nc2ncncc2C(=O)c2ccn(C#Cc3ccccc3)c2)C[C@@H]1CO)(C(C)C)C(C)C. The van der Waals surface area contributed by atoms with Crippen LogP contribution in [0, 0.1) is 17.9 Å². The van der Waals surface area contributed by atoms with Gasteiger partial charge in [0.1, 0.15) is 12.1 Å². The van der Waals surface area contributed by atoms with E-state index in [2.05, 4.69) is 68.8 Å². The number of ketones is 1. The largest absolute Gasteiger partial charge is 0.413 e. The maximum absolute atomic E-state index is 13.5. The Morgan fingerprint density at radius 3 is 2.45 bits per heavy atom. The van der Waals surface area contributed by atoms with Crippen molar-refractivity contribution in [3.8, 4) is 12.0 Å². The van der Waals surface area contributed by atoms with Crippen LogP contribution >= 0.6 is 0 Å². The first-order valence-corrected chi connectivity index (χ1v) is 16.4. The van der Waals surface area contributed by atoms with Crippen molar-refractivity contribution < 1.29 is 14.3 Å². The summed E-state index contributed by atoms with van der Waals surface area (Å²) in [5.41, 5.74) is 3.24. The Hall–Kier alpha value is -3.25. The van der Waals surface area contributed by atoms with Gasteiger partial charge in [-0.3, -0.25) is 9.36 Å². The number of aliphatic hydroxyl groups is 1. The Morgan fingerprint density at radius 2 is 1.80 bits per heavy atom. The number of benzene rings is 1. The average molecular weight is 559 g/mol. The highest BCUT2D eigenvalue weighted by Gasteiger charge is 2.49. The average Bonchev–Trinajstić information content (AvgIpc) is 3.57. The molecule has 8 heteroatoms. The fourth-order valence-corrected chi connectivity index (χ4v) is 12.1. The fourth-order valence-electron chi connectivity index (χ4n) is 6.42. The van der Waals surface area contributed by atoms with Gasteiger partial charge >= 0.3 is 0 Å². The molecule has 1 aromatic carbocycles. The molecular formula is C32H42N4O3Si. The third-order valence-electron chi connectivity index (χ3n) is 8.28. The van der Waals surface area contributed by atoms with Crippen LogP contribution in [0.25, 0.3) is 0 Å². The molecule has 2 heterocycles. The summed E-state index contributed by atoms with van der Waals surface area (Å²) in [6, 6.07) is 14.6. The molecule has 0 radical (unpaired) electrons. The highest BCUT2D eigenvalue weighted by molar-refractivity contribution is 6.77. The second-order valence-electron chi connectivity index (χ2n) is 11.8. The Labute approximate surface area is 239 Å². The van der Waals surface area contributed by atoms with Gasteiger partial charge in [-0.25, -0.2) is 9.97 Å². The van der Waals surface area contributed by atoms with Gasteiger partial charge in [0.15, 0.2) is 5.78 Å². The van der Waals surface area contributed by atoms with E-state index in [0.29, 0.717) is 33.6 Å². The van der Waals surface area contributed by atoms with Crippen molar-refractivity contribution in [2.75, 3.05) is 11.9 Å². The van der Waals surface area contributed by atoms with E-state index in [1.54, 1.807) is 29.2 Å². The number of carbonyl (C=O) groups is 1. The lowest BCUT2D eigenvalue weighted by Crippen LogP contribution is -2.51. The molecule has 2 aromatic heterocycles. The van der Waals surface area contributed by atoms with E-state index in [1.807, 2.05) is 30.3 Å². The Bertz CT molecular complexity index is 1320. The lowest BCUT2D eigenvalue weighted by atomic mass is 10.1. The van der Waals surface area contributed by atoms with E-state index in [-0.39, 0.29) is 30.5 Å². The number of aliphatic hydroxyl groups excluding tert-OH is 1. The number of anilines is 1. The molecule has 40 heavy (non-hydrogen) atoms. The molecule has 2 N–H and O–H groups in total. The molecule has 1 fully saturated rings. The molecule has 1 saturated carbocycles. The van der Waals surface area contributed by atoms with E-state index in [1.165, 1.54) is 6.33 Å². The van der Waals surface area contributed by atoms with Crippen LogP contribution in [0.5, 0.6) is 0 Å². The summed E-state index contributed by atoms with van der Waals surface area (Å²) in [5, 5.41) is 13.8. The number of nitrogens with zero attached hydrogens (tertiary/aromatic N) is 3. The van der Waals surface area contributed by atoms with Crippen molar-refractivity contribution in [1.82, 2.24) is 14.5 Å². The zero-order valence-corrected chi connectivity index (χ0v) is 25.5. The number of nitrogens with one attached hydrogen (secondary N) is 1. The zero-order chi connectivity index (χ0) is 28.9. The molecule has 4 rings (SSSR count). The third kappa shape index (κ3) is 6.38. The van der Waals surface area contributed by atoms with Crippen LogP contribution in [0.4, 0.5) is 5.82 Å². The first-order valence-electron chi connectivity index (χ1n) is 14.3. The second kappa shape index (κ2) is 12.9. The van der Waals surface area contributed by atoms with Gasteiger partial charge in [-0.15, -0.1) is 0 Å². The van der Waals surface area contributed by atoms with Crippen molar-refractivity contribution in [3.05, 3.63) is 78.0 Å². The van der Waals surface area contributed by atoms with Crippen molar-refractivity contribution in [2.24, 2.45) is 5.92 Å². The molecule has 0 amide bonds. The number of carbonyl (C=O) groups excluding carboxylic acids is 1. The monoisotopic (exact) mass is 558 g/mol. The zero-order valence-electron chi connectivity index (χ0n) is 24.5. The minimum atomic E-state index is -2.10. The Morgan fingerprint density at radius 1 is 1.10 bits per heavy atom. The molecule has 1 aliphatic rings. The van der Waals surface area contributed by atoms with Gasteiger partial charge in [0.25, 0.3) is 0 Å². The van der Waals surface area contributed by atoms with E-state index in [4.69, 9.17) is 4.43 Å². The lowest BCUT2D eigenvalue weighted by Gasteiger charge is -2.45. The summed E-state index contributed by atoms with van der Waals surface area (Å²) < 4.78 is 8.77. The minimum Gasteiger partial charge on any atom is -0.413 e. The summed E-state index contributed by atoms with van der Waals surface area (Å²) >= 11 is 0. The maximum Gasteiger partial charge on any atom is 0.200 e. The molecule has 212 valence electrons. The molecule has 0 unspecified atom stereocenters. The van der Waals surface area contributed by atoms with Crippen LogP contribution in [0.15, 0.2) is 61.3 Å². The molecular weight excluding hydrogens is 516 g/mol. The van der Waals surface area contributed by atoms with Gasteiger partial charge in [-0.2, -0.15) is 0 Å². The number of aromatic nitrogens is 3. The van der Waals surface area contributed by atoms with Crippen LogP contribution in [0.1, 0.15) is 75.9 Å². The van der Waals surface area contributed by atoms with Crippen molar-refractivity contribution in [3.63, 3.8) is 0 Å². The van der Waals surface area contributed by atoms with Crippen LogP contribution in [0.3, 0.4) is 0 Å². The van der Waals surface area contributed by atoms with Crippen molar-refractivity contribution in [1.29, 1.82) is 0 Å². The standard InChI is InChI=1S/C32H42N4O3Si/c1-22(2)40(23(3)4,24(5)6)39-30-17-28(16-27(30)20-37)35-32-29(18-33-21-34-32)31(38)26-13-15-36(19-26)14-12-25-10-8-7-9-11-25/h7-11,13,15,18-19,21-24,27-28,30,37H,16-17,20H2,1-6H3,(H,33,34,35)/t27-,28-,30+/m1/s1. The van der Waals surface area contributed by atoms with E-state index >= 15 is 0 Å². The number of rotatable bonds is 10. The van der Waals surface area contributed by atoms with Crippen LogP contribution in [-0.2, 0) is 4.43 Å². The molecule has 0 bridgehead atoms. The van der Waals surface area contributed by atoms with Gasteiger partial charge in [-0.05, 0) is 53.6 Å². The highest BCUT2D eigenvalue weighted by Crippen LogP contribution is 2.46. The molecule has 3 atom stereocenters. The molecule has 3 aromatic rings. The van der Waals surface area contributed by atoms with Crippen molar-refractivity contribution >= 4 is 19.9 Å². The quantitative estimate of drug-likeness (QED) is 0.177. The predicted molar refractivity (Wildman–Crippen MR) is 162 cm³/mol. The van der Waals surface area contributed by atoms with E-state index < -0.39 is 8.32 Å². The van der Waals surface area contributed by atoms with Gasteiger partial charge < -0.3 is 14.8 Å². The molecule has 7 nitrogen and oxygen atoms in total. The van der Waals surface area contributed by atoms with Crippen molar-refractivity contribution in [2.45, 2.75) is 83.2 Å². The molecule has 0 spiro atoms. The molecule has 0 saturated heterocycles. The Kier molecular flexibility index (Phi) is 9.62. The van der Waals surface area contributed by atoms with E-state index in [9.17, 15) is 9.90 Å². The third-order valence-corrected chi connectivity index (χ3v) is 14.4. The topological polar surface area (TPSA) is 89.3 Å². The first kappa shape index (κ1) is 29.7. The van der Waals surface area contributed by atoms with Gasteiger partial charge in [0, 0.05) is 54.3 Å². The normalized spacial score (nSPS) is 19.2. The summed E-state index contributed by atoms with van der Waals surface area (Å²) in [5.74, 6) is 3.48. The van der Waals surface area contributed by atoms with Crippen LogP contribution in [-0.4, -0.2) is 52.5 Å². The summed E-state index contributed by atoms with van der Waals surface area (Å²) in [6.07, 6.45) is 8.00. The molecule has 0 aliphatic heterocycles. The van der Waals surface area contributed by atoms with E-state index in [0.717, 1.165) is 18.4 Å². The Balaban J connectivity index is 1.50. The van der Waals surface area contributed by atoms with Gasteiger partial charge in [-0.1, -0.05) is 59.7 Å². The second-order valence-corrected chi connectivity index (χ2v) is 17.2. The van der Waals surface area contributed by atoms with Crippen LogP contribution < -0.4 is 5.32 Å². The fraction of sp³-hybridized carbons (Fsp3) is 0.469. The summed E-state index contributed by atoms with van der Waals surface area (Å²) in [7, 11) is -2.10. The van der Waals surface area contributed by atoms with Gasteiger partial charge in [0.2, 0.25) is 8.32 Å². The van der Waals surface area contributed by atoms with Crippen LogP contribution in [0.2, 0.25) is 16.6 Å². The highest BCUT2D eigenvalue weighted by atomic mass is 28.4. The smallest absolute Gasteiger partial charge is 0.200 e. The van der Waals surface area contributed by atoms with Gasteiger partial charge in [0.05, 0.1) is 11.7 Å². The number of hydrogen-bond donors (Lipinski definition) is 2. The summed E-state index contributed by atoms with van der Waals surface area (Å²) in [4.78, 5) is 22.1. The summed E-state index contributed by atoms with van der Waals surface area (Å²) in [6.45, 7) is 13.8.